The Morgan fingerprint density at radius 1 is 1.02 bits per heavy atom. The van der Waals surface area contributed by atoms with Crippen molar-refractivity contribution < 1.29 is 31.7 Å². The predicted molar refractivity (Wildman–Crippen MR) is 156 cm³/mol. The number of hydrogen-bond donors (Lipinski definition) is 2. The van der Waals surface area contributed by atoms with Gasteiger partial charge in [0.2, 0.25) is 0 Å². The molecule has 0 unspecified atom stereocenters. The lowest BCUT2D eigenvalue weighted by atomic mass is 9.81. The van der Waals surface area contributed by atoms with Crippen molar-refractivity contribution in [1.82, 2.24) is 4.67 Å². The minimum absolute atomic E-state index is 0.0325. The molecule has 2 N–H and O–H groups in total. The lowest BCUT2D eigenvalue weighted by molar-refractivity contribution is -0.136. The zero-order valence-corrected chi connectivity index (χ0v) is 24.7. The number of hydrogen-bond acceptors (Lipinski definition) is 4. The highest BCUT2D eigenvalue weighted by atomic mass is 31.2. The van der Waals surface area contributed by atoms with Crippen LogP contribution in [-0.2, 0) is 20.9 Å². The van der Waals surface area contributed by atoms with Gasteiger partial charge in [0, 0.05) is 42.8 Å². The predicted octanol–water partition coefficient (Wildman–Crippen LogP) is 6.48. The number of carbonyl (C=O) groups excluding carboxylic acids is 1. The highest BCUT2D eigenvalue weighted by Gasteiger charge is 2.45. The summed E-state index contributed by atoms with van der Waals surface area (Å²) in [6.45, 7) is 7.01. The quantitative estimate of drug-likeness (QED) is 0.248. The van der Waals surface area contributed by atoms with Gasteiger partial charge in [0.1, 0.15) is 5.82 Å². The first-order valence-corrected chi connectivity index (χ1v) is 15.3. The lowest BCUT2D eigenvalue weighted by Crippen LogP contribution is -2.40. The van der Waals surface area contributed by atoms with E-state index in [0.717, 1.165) is 29.4 Å². The molecule has 1 amide bonds. The molecule has 1 saturated heterocycles. The Morgan fingerprint density at radius 2 is 1.67 bits per heavy atom. The number of nitrogens with zero attached hydrogens (tertiary/aromatic N) is 2. The van der Waals surface area contributed by atoms with E-state index in [9.17, 15) is 22.4 Å². The van der Waals surface area contributed by atoms with Crippen LogP contribution in [0.4, 0.5) is 34.6 Å². The maximum absolute atomic E-state index is 15.4. The number of alkyl halides is 3. The second-order valence-corrected chi connectivity index (χ2v) is 13.6. The third-order valence-electron chi connectivity index (χ3n) is 8.38. The number of anilines is 3. The standard InChI is InChI=1S/C30H33F4N4O3P/c1-19-29(2,3)23-17-27(25(18-26(23)37(19)4)35-28(39)20-9-11-21(31)12-10-20)42(40,38-13-15-41-16-14-38)36-24-8-6-5-7-22(24)30(32,33)34/h5-12,17-19H,13-16H2,1-4H3,(H,35,39)(H,36,40)/t19-,42+/m1/s1. The summed E-state index contributed by atoms with van der Waals surface area (Å²) in [5.74, 6) is -1.08. The number of morpholine rings is 1. The molecule has 3 aromatic rings. The molecule has 0 spiro atoms. The number of likely N-dealkylation sites (N-methyl/N-ethyl adjacent to an activating group) is 1. The van der Waals surface area contributed by atoms with Crippen molar-refractivity contribution in [3.05, 3.63) is 83.2 Å². The first-order valence-electron chi connectivity index (χ1n) is 13.6. The summed E-state index contributed by atoms with van der Waals surface area (Å²) in [5, 5.41) is 5.82. The first kappa shape index (κ1) is 30.1. The van der Waals surface area contributed by atoms with Crippen LogP contribution >= 0.6 is 7.44 Å². The van der Waals surface area contributed by atoms with Gasteiger partial charge in [-0.3, -0.25) is 9.36 Å². The Kier molecular flexibility index (Phi) is 7.89. The fourth-order valence-corrected chi connectivity index (χ4v) is 8.12. The Bertz CT molecular complexity index is 1540. The van der Waals surface area contributed by atoms with E-state index >= 15 is 4.57 Å². The number of para-hydroxylation sites is 1. The highest BCUT2D eigenvalue weighted by molar-refractivity contribution is 7.71. The maximum atomic E-state index is 15.4. The van der Waals surface area contributed by atoms with E-state index in [-0.39, 0.29) is 54.6 Å². The zero-order valence-electron chi connectivity index (χ0n) is 23.8. The van der Waals surface area contributed by atoms with Crippen molar-refractivity contribution in [2.75, 3.05) is 48.7 Å². The Morgan fingerprint density at radius 3 is 2.31 bits per heavy atom. The molecule has 5 rings (SSSR count). The number of fused-ring (bicyclic) bond motifs is 1. The van der Waals surface area contributed by atoms with Crippen LogP contribution < -0.4 is 20.6 Å². The summed E-state index contributed by atoms with van der Waals surface area (Å²) in [5.41, 5.74) is 0.318. The Balaban J connectivity index is 1.71. The molecule has 224 valence electrons. The average Bonchev–Trinajstić information content (AvgIpc) is 3.12. The molecule has 0 aliphatic carbocycles. The van der Waals surface area contributed by atoms with E-state index in [1.807, 2.05) is 20.9 Å². The van der Waals surface area contributed by atoms with Gasteiger partial charge in [-0.25, -0.2) is 9.06 Å². The van der Waals surface area contributed by atoms with E-state index in [1.54, 1.807) is 16.8 Å². The largest absolute Gasteiger partial charge is 0.418 e. The number of nitrogens with one attached hydrogen (secondary N) is 2. The van der Waals surface area contributed by atoms with Crippen molar-refractivity contribution in [2.45, 2.75) is 38.4 Å². The van der Waals surface area contributed by atoms with Crippen LogP contribution in [0.2, 0.25) is 0 Å². The number of halogens is 4. The normalized spacial score (nSPS) is 20.1. The Hall–Kier alpha value is -3.40. The SMILES string of the molecule is C[C@H]1N(C)c2cc(NC(=O)c3ccc(F)cc3)c([P@](=O)(Nc3ccccc3C(F)(F)F)N3CCOCC3)cc2C1(C)C. The summed E-state index contributed by atoms with van der Waals surface area (Å²) in [7, 11) is -2.16. The molecule has 0 radical (unpaired) electrons. The highest BCUT2D eigenvalue weighted by Crippen LogP contribution is 2.55. The van der Waals surface area contributed by atoms with Crippen LogP contribution in [0.5, 0.6) is 0 Å². The lowest BCUT2D eigenvalue weighted by Gasteiger charge is -2.37. The second-order valence-electron chi connectivity index (χ2n) is 11.2. The maximum Gasteiger partial charge on any atom is 0.418 e. The van der Waals surface area contributed by atoms with E-state index in [0.29, 0.717) is 0 Å². The number of benzene rings is 3. The van der Waals surface area contributed by atoms with Gasteiger partial charge in [-0.15, -0.1) is 0 Å². The molecular formula is C30H33F4N4O3P. The van der Waals surface area contributed by atoms with Gasteiger partial charge in [-0.05, 0) is 61.0 Å². The Labute approximate surface area is 242 Å². The van der Waals surface area contributed by atoms with Crippen LogP contribution in [-0.4, -0.2) is 50.0 Å². The molecule has 2 atom stereocenters. The van der Waals surface area contributed by atoms with Crippen LogP contribution in [0.3, 0.4) is 0 Å². The summed E-state index contributed by atoms with van der Waals surface area (Å²) in [6, 6.07) is 13.4. The van der Waals surface area contributed by atoms with Gasteiger partial charge < -0.3 is 20.0 Å². The van der Waals surface area contributed by atoms with Crippen LogP contribution in [0.25, 0.3) is 0 Å². The zero-order chi connectivity index (χ0) is 30.4. The van der Waals surface area contributed by atoms with Gasteiger partial charge in [0.05, 0.1) is 35.5 Å². The van der Waals surface area contributed by atoms with Gasteiger partial charge >= 0.3 is 6.18 Å². The fraction of sp³-hybridized carbons (Fsp3) is 0.367. The summed E-state index contributed by atoms with van der Waals surface area (Å²) in [6.07, 6.45) is -4.70. The molecule has 3 aromatic carbocycles. The number of carbonyl (C=O) groups is 1. The molecule has 2 aliphatic heterocycles. The molecule has 2 heterocycles. The van der Waals surface area contributed by atoms with Gasteiger partial charge in [0.15, 0.2) is 0 Å². The minimum atomic E-state index is -4.70. The smallest absolute Gasteiger partial charge is 0.379 e. The van der Waals surface area contributed by atoms with Gasteiger partial charge in [0.25, 0.3) is 13.4 Å². The molecule has 12 heteroatoms. The number of ether oxygens (including phenoxy) is 1. The van der Waals surface area contributed by atoms with E-state index < -0.39 is 36.3 Å². The third-order valence-corrected chi connectivity index (χ3v) is 11.1. The van der Waals surface area contributed by atoms with Crippen molar-refractivity contribution in [3.63, 3.8) is 0 Å². The summed E-state index contributed by atoms with van der Waals surface area (Å²) in [4.78, 5) is 15.4. The minimum Gasteiger partial charge on any atom is -0.379 e. The molecule has 7 nitrogen and oxygen atoms in total. The van der Waals surface area contributed by atoms with Crippen molar-refractivity contribution in [2.24, 2.45) is 0 Å². The molecule has 0 saturated carbocycles. The average molecular weight is 605 g/mol. The topological polar surface area (TPSA) is 73.9 Å². The monoisotopic (exact) mass is 604 g/mol. The summed E-state index contributed by atoms with van der Waals surface area (Å²) >= 11 is 0. The van der Waals surface area contributed by atoms with Crippen LogP contribution in [0.1, 0.15) is 42.3 Å². The summed E-state index contributed by atoms with van der Waals surface area (Å²) < 4.78 is 78.1. The van der Waals surface area contributed by atoms with Crippen molar-refractivity contribution >= 4 is 35.7 Å². The molecular weight excluding hydrogens is 571 g/mol. The fourth-order valence-electron chi connectivity index (χ4n) is 5.56. The molecule has 1 fully saturated rings. The van der Waals surface area contributed by atoms with Crippen LogP contribution in [0.15, 0.2) is 60.7 Å². The van der Waals surface area contributed by atoms with Crippen molar-refractivity contribution in [1.29, 1.82) is 0 Å². The van der Waals surface area contributed by atoms with Crippen LogP contribution in [0, 0.1) is 5.82 Å². The second kappa shape index (κ2) is 11.0. The van der Waals surface area contributed by atoms with E-state index in [2.05, 4.69) is 22.2 Å². The molecule has 2 aliphatic rings. The first-order chi connectivity index (χ1) is 19.7. The van der Waals surface area contributed by atoms with E-state index in [1.165, 1.54) is 30.3 Å². The van der Waals surface area contributed by atoms with Gasteiger partial charge in [-0.2, -0.15) is 13.2 Å². The van der Waals surface area contributed by atoms with E-state index in [4.69, 9.17) is 4.74 Å². The molecule has 0 bridgehead atoms. The third kappa shape index (κ3) is 5.41. The van der Waals surface area contributed by atoms with Gasteiger partial charge in [-0.1, -0.05) is 26.0 Å². The van der Waals surface area contributed by atoms with Crippen molar-refractivity contribution in [3.8, 4) is 0 Å². The molecule has 42 heavy (non-hydrogen) atoms. The number of amides is 1. The molecule has 0 aromatic heterocycles. The number of rotatable bonds is 6.